The summed E-state index contributed by atoms with van der Waals surface area (Å²) in [6.07, 6.45) is 1.52. The van der Waals surface area contributed by atoms with Gasteiger partial charge in [-0.3, -0.25) is 4.79 Å². The Kier molecular flexibility index (Phi) is 2.25. The van der Waals surface area contributed by atoms with Crippen LogP contribution in [0.5, 0.6) is 0 Å². The average Bonchev–Trinajstić information content (AvgIpc) is 2.99. The minimum atomic E-state index is -1.01. The van der Waals surface area contributed by atoms with Crippen molar-refractivity contribution in [2.45, 2.75) is 19.3 Å². The number of carbonyl (C=O) groups excluding carboxylic acids is 2. The zero-order chi connectivity index (χ0) is 11.1. The molecule has 1 aliphatic carbocycles. The lowest BCUT2D eigenvalue weighted by Gasteiger charge is -2.32. The summed E-state index contributed by atoms with van der Waals surface area (Å²) in [4.78, 5) is 34.5. The molecule has 1 heterocycles. The van der Waals surface area contributed by atoms with Crippen LogP contribution in [-0.2, 0) is 9.59 Å². The van der Waals surface area contributed by atoms with Crippen molar-refractivity contribution in [3.8, 4) is 0 Å². The van der Waals surface area contributed by atoms with Crippen LogP contribution in [0.4, 0.5) is 4.79 Å². The van der Waals surface area contributed by atoms with Gasteiger partial charge in [0.05, 0.1) is 0 Å². The quantitative estimate of drug-likeness (QED) is 0.676. The minimum absolute atomic E-state index is 0.0390. The number of amides is 1. The van der Waals surface area contributed by atoms with Gasteiger partial charge in [0.2, 0.25) is 0 Å². The molecule has 0 spiro atoms. The van der Waals surface area contributed by atoms with Crippen molar-refractivity contribution >= 4 is 18.2 Å². The van der Waals surface area contributed by atoms with Crippen LogP contribution in [0.25, 0.3) is 0 Å². The van der Waals surface area contributed by atoms with Crippen LogP contribution < -0.4 is 0 Å². The van der Waals surface area contributed by atoms with Gasteiger partial charge >= 0.3 is 6.09 Å². The number of likely N-dealkylation sites (tertiary alicyclic amines) is 1. The van der Waals surface area contributed by atoms with Crippen LogP contribution >= 0.6 is 0 Å². The first-order valence-electron chi connectivity index (χ1n) is 5.06. The second-order valence-electron chi connectivity index (χ2n) is 4.35. The van der Waals surface area contributed by atoms with E-state index in [9.17, 15) is 14.4 Å². The first kappa shape index (κ1) is 10.1. The number of rotatable bonds is 2. The first-order valence-corrected chi connectivity index (χ1v) is 5.06. The summed E-state index contributed by atoms with van der Waals surface area (Å²) in [5, 5.41) is 8.83. The largest absolute Gasteiger partial charge is 0.465 e. The molecule has 0 bridgehead atoms. The Balaban J connectivity index is 2.12. The Hall–Kier alpha value is -1.39. The molecule has 1 aliphatic heterocycles. The highest BCUT2D eigenvalue weighted by Crippen LogP contribution is 2.51. The highest BCUT2D eigenvalue weighted by Gasteiger charge is 2.53. The molecule has 0 radical (unpaired) electrons. The van der Waals surface area contributed by atoms with Crippen molar-refractivity contribution in [2.24, 2.45) is 11.3 Å². The number of ketones is 1. The van der Waals surface area contributed by atoms with E-state index in [1.165, 1.54) is 4.90 Å². The van der Waals surface area contributed by atoms with E-state index in [-0.39, 0.29) is 25.3 Å². The van der Waals surface area contributed by atoms with Crippen LogP contribution in [-0.4, -0.2) is 41.3 Å². The Bertz CT molecular complexity index is 321. The molecule has 1 atom stereocenters. The van der Waals surface area contributed by atoms with E-state index in [0.29, 0.717) is 0 Å². The summed E-state index contributed by atoms with van der Waals surface area (Å²) in [5.74, 6) is -0.364. The predicted molar refractivity (Wildman–Crippen MR) is 50.4 cm³/mol. The fourth-order valence-corrected chi connectivity index (χ4v) is 2.20. The molecule has 1 amide bonds. The third kappa shape index (κ3) is 1.62. The first-order chi connectivity index (χ1) is 7.09. The van der Waals surface area contributed by atoms with Crippen molar-refractivity contribution in [3.05, 3.63) is 0 Å². The molecule has 0 aromatic carbocycles. The van der Waals surface area contributed by atoms with Crippen molar-refractivity contribution in [1.29, 1.82) is 0 Å². The highest BCUT2D eigenvalue weighted by molar-refractivity contribution is 5.88. The highest BCUT2D eigenvalue weighted by atomic mass is 16.4. The molecule has 1 saturated carbocycles. The number of hydrogen-bond acceptors (Lipinski definition) is 3. The molecule has 1 saturated heterocycles. The molecule has 2 rings (SSSR count). The number of piperidine rings is 1. The zero-order valence-electron chi connectivity index (χ0n) is 8.31. The molecule has 5 heteroatoms. The van der Waals surface area contributed by atoms with Gasteiger partial charge in [-0.1, -0.05) is 0 Å². The Labute approximate surface area is 87.1 Å². The summed E-state index contributed by atoms with van der Waals surface area (Å²) in [6.45, 7) is 0.451. The molecule has 0 aromatic heterocycles. The average molecular weight is 211 g/mol. The number of aldehydes is 1. The minimum Gasteiger partial charge on any atom is -0.465 e. The molecule has 82 valence electrons. The van der Waals surface area contributed by atoms with Gasteiger partial charge in [0.25, 0.3) is 0 Å². The maximum atomic E-state index is 11.6. The molecule has 15 heavy (non-hydrogen) atoms. The van der Waals surface area contributed by atoms with Crippen molar-refractivity contribution in [1.82, 2.24) is 4.90 Å². The van der Waals surface area contributed by atoms with Gasteiger partial charge in [-0.25, -0.2) is 4.79 Å². The van der Waals surface area contributed by atoms with E-state index in [1.807, 2.05) is 0 Å². The van der Waals surface area contributed by atoms with Gasteiger partial charge in [-0.2, -0.15) is 0 Å². The monoisotopic (exact) mass is 211 g/mol. The topological polar surface area (TPSA) is 74.7 Å². The maximum absolute atomic E-state index is 11.6. The van der Waals surface area contributed by atoms with Crippen molar-refractivity contribution in [2.75, 3.05) is 13.1 Å². The molecule has 0 aromatic rings. The van der Waals surface area contributed by atoms with Crippen LogP contribution in [0.3, 0.4) is 0 Å². The maximum Gasteiger partial charge on any atom is 0.407 e. The Morgan fingerprint density at radius 3 is 2.67 bits per heavy atom. The van der Waals surface area contributed by atoms with Gasteiger partial charge in [0, 0.05) is 30.8 Å². The van der Waals surface area contributed by atoms with E-state index >= 15 is 0 Å². The third-order valence-corrected chi connectivity index (χ3v) is 3.45. The summed E-state index contributed by atoms with van der Waals surface area (Å²) in [5.41, 5.74) is -0.537. The Morgan fingerprint density at radius 1 is 1.53 bits per heavy atom. The Morgan fingerprint density at radius 2 is 2.20 bits per heavy atom. The van der Waals surface area contributed by atoms with Crippen molar-refractivity contribution < 1.29 is 19.5 Å². The van der Waals surface area contributed by atoms with E-state index in [0.717, 1.165) is 19.1 Å². The summed E-state index contributed by atoms with van der Waals surface area (Å²) >= 11 is 0. The van der Waals surface area contributed by atoms with Gasteiger partial charge in [-0.05, 0) is 12.8 Å². The lowest BCUT2D eigenvalue weighted by atomic mass is 9.83. The fourth-order valence-electron chi connectivity index (χ4n) is 2.20. The molecular weight excluding hydrogens is 198 g/mol. The standard InChI is InChI=1S/C10H13NO4/c12-6-10(2-3-10)7-5-11(9(14)15)4-1-8(7)13/h6-7H,1-5H2,(H,14,15). The van der Waals surface area contributed by atoms with Gasteiger partial charge < -0.3 is 14.8 Å². The zero-order valence-corrected chi connectivity index (χ0v) is 8.31. The van der Waals surface area contributed by atoms with Gasteiger partial charge in [0.1, 0.15) is 12.1 Å². The van der Waals surface area contributed by atoms with E-state index in [1.54, 1.807) is 0 Å². The van der Waals surface area contributed by atoms with Gasteiger partial charge in [-0.15, -0.1) is 0 Å². The number of carboxylic acid groups (broad SMARTS) is 1. The van der Waals surface area contributed by atoms with E-state index in [2.05, 4.69) is 0 Å². The van der Waals surface area contributed by atoms with Crippen LogP contribution in [0, 0.1) is 11.3 Å². The lowest BCUT2D eigenvalue weighted by Crippen LogP contribution is -2.47. The normalized spacial score (nSPS) is 28.7. The molecule has 2 aliphatic rings. The van der Waals surface area contributed by atoms with Crippen LogP contribution in [0.1, 0.15) is 19.3 Å². The second-order valence-corrected chi connectivity index (χ2v) is 4.35. The molecule has 2 fully saturated rings. The SMILES string of the molecule is O=CC1(C2CN(C(=O)O)CCC2=O)CC1. The number of hydrogen-bond donors (Lipinski definition) is 1. The molecule has 1 unspecified atom stereocenters. The summed E-state index contributed by atoms with van der Waals surface area (Å²) < 4.78 is 0. The predicted octanol–water partition coefficient (Wildman–Crippen LogP) is 0.534. The van der Waals surface area contributed by atoms with Crippen molar-refractivity contribution in [3.63, 3.8) is 0 Å². The van der Waals surface area contributed by atoms with Gasteiger partial charge in [0.15, 0.2) is 0 Å². The fraction of sp³-hybridized carbons (Fsp3) is 0.700. The number of Topliss-reactive ketones (excluding diaryl/α,β-unsaturated/α-hetero) is 1. The molecule has 5 nitrogen and oxygen atoms in total. The van der Waals surface area contributed by atoms with E-state index in [4.69, 9.17) is 5.11 Å². The number of carbonyl (C=O) groups is 3. The smallest absolute Gasteiger partial charge is 0.407 e. The number of nitrogens with zero attached hydrogens (tertiary/aromatic N) is 1. The third-order valence-electron chi connectivity index (χ3n) is 3.45. The van der Waals surface area contributed by atoms with Crippen LogP contribution in [0.15, 0.2) is 0 Å². The summed E-state index contributed by atoms with van der Waals surface area (Å²) in [6, 6.07) is 0. The summed E-state index contributed by atoms with van der Waals surface area (Å²) in [7, 11) is 0. The van der Waals surface area contributed by atoms with Crippen LogP contribution in [0.2, 0.25) is 0 Å². The molecule has 1 N–H and O–H groups in total. The second kappa shape index (κ2) is 3.32. The van der Waals surface area contributed by atoms with E-state index < -0.39 is 17.4 Å². The molecular formula is C10H13NO4. The lowest BCUT2D eigenvalue weighted by molar-refractivity contribution is -0.132.